The summed E-state index contributed by atoms with van der Waals surface area (Å²) in [6, 6.07) is 0. The van der Waals surface area contributed by atoms with Crippen LogP contribution < -0.4 is 10.6 Å². The SMILES string of the molecule is CCNC(=NCCCOC1CCCCC1)NCCS(=O)(=O)CC.I. The van der Waals surface area contributed by atoms with Crippen LogP contribution in [0.1, 0.15) is 52.4 Å². The Labute approximate surface area is 164 Å². The van der Waals surface area contributed by atoms with Gasteiger partial charge >= 0.3 is 0 Å². The molecule has 0 aliphatic heterocycles. The molecule has 1 saturated carbocycles. The summed E-state index contributed by atoms with van der Waals surface area (Å²) < 4.78 is 28.8. The van der Waals surface area contributed by atoms with Crippen molar-refractivity contribution in [1.82, 2.24) is 10.6 Å². The van der Waals surface area contributed by atoms with Gasteiger partial charge < -0.3 is 15.4 Å². The summed E-state index contributed by atoms with van der Waals surface area (Å²) in [5.41, 5.74) is 0. The van der Waals surface area contributed by atoms with Crippen LogP contribution in [0.15, 0.2) is 4.99 Å². The minimum Gasteiger partial charge on any atom is -0.378 e. The van der Waals surface area contributed by atoms with Crippen LogP contribution in [0.25, 0.3) is 0 Å². The molecule has 0 aromatic rings. The smallest absolute Gasteiger partial charge is 0.191 e. The van der Waals surface area contributed by atoms with E-state index < -0.39 is 9.84 Å². The molecule has 0 spiro atoms. The van der Waals surface area contributed by atoms with Crippen LogP contribution in [-0.4, -0.2) is 58.2 Å². The highest BCUT2D eigenvalue weighted by molar-refractivity contribution is 14.0. The molecule has 6 nitrogen and oxygen atoms in total. The van der Waals surface area contributed by atoms with Crippen molar-refractivity contribution in [3.8, 4) is 0 Å². The fraction of sp³-hybridized carbons (Fsp3) is 0.938. The van der Waals surface area contributed by atoms with Gasteiger partial charge in [0.05, 0.1) is 11.9 Å². The first-order chi connectivity index (χ1) is 11.1. The first-order valence-electron chi connectivity index (χ1n) is 8.91. The second-order valence-corrected chi connectivity index (χ2v) is 8.38. The Balaban J connectivity index is 0.00000529. The quantitative estimate of drug-likeness (QED) is 0.220. The number of ether oxygens (including phenoxy) is 1. The van der Waals surface area contributed by atoms with E-state index in [1.54, 1.807) is 6.92 Å². The number of sulfone groups is 1. The van der Waals surface area contributed by atoms with Crippen LogP contribution in [0, 0.1) is 0 Å². The van der Waals surface area contributed by atoms with E-state index in [9.17, 15) is 8.42 Å². The topological polar surface area (TPSA) is 79.8 Å². The van der Waals surface area contributed by atoms with Crippen LogP contribution >= 0.6 is 24.0 Å². The summed E-state index contributed by atoms with van der Waals surface area (Å²) in [5, 5.41) is 6.20. The predicted octanol–water partition coefficient (Wildman–Crippen LogP) is 2.33. The van der Waals surface area contributed by atoms with Crippen molar-refractivity contribution in [1.29, 1.82) is 0 Å². The number of rotatable bonds is 10. The van der Waals surface area contributed by atoms with Gasteiger partial charge in [-0.05, 0) is 26.2 Å². The standard InChI is InChI=1S/C16H33N3O3S.HI/c1-3-17-16(19-12-14-23(20,21)4-2)18-11-8-13-22-15-9-6-5-7-10-15;/h15H,3-14H2,1-2H3,(H2,17,18,19);1H. The van der Waals surface area contributed by atoms with Crippen molar-refractivity contribution in [2.75, 3.05) is 37.7 Å². The Morgan fingerprint density at radius 3 is 2.50 bits per heavy atom. The maximum absolute atomic E-state index is 11.5. The second-order valence-electron chi connectivity index (χ2n) is 5.91. The molecule has 0 aromatic heterocycles. The lowest BCUT2D eigenvalue weighted by molar-refractivity contribution is 0.0281. The first-order valence-corrected chi connectivity index (χ1v) is 10.7. The van der Waals surface area contributed by atoms with E-state index in [0.717, 1.165) is 19.6 Å². The summed E-state index contributed by atoms with van der Waals surface area (Å²) in [7, 11) is -2.94. The lowest BCUT2D eigenvalue weighted by Gasteiger charge is -2.21. The zero-order valence-electron chi connectivity index (χ0n) is 15.1. The monoisotopic (exact) mass is 475 g/mol. The van der Waals surface area contributed by atoms with Crippen LogP contribution in [0.5, 0.6) is 0 Å². The Kier molecular flexibility index (Phi) is 14.1. The summed E-state index contributed by atoms with van der Waals surface area (Å²) in [4.78, 5) is 4.46. The van der Waals surface area contributed by atoms with Crippen LogP contribution in [0.4, 0.5) is 0 Å². The third-order valence-electron chi connectivity index (χ3n) is 3.97. The highest BCUT2D eigenvalue weighted by atomic mass is 127. The van der Waals surface area contributed by atoms with Crippen molar-refractivity contribution >= 4 is 39.8 Å². The highest BCUT2D eigenvalue weighted by Gasteiger charge is 2.13. The van der Waals surface area contributed by atoms with Gasteiger partial charge in [0.25, 0.3) is 0 Å². The van der Waals surface area contributed by atoms with Gasteiger partial charge in [0.2, 0.25) is 0 Å². The molecule has 0 heterocycles. The van der Waals surface area contributed by atoms with E-state index in [0.29, 0.717) is 25.2 Å². The minimum atomic E-state index is -2.94. The predicted molar refractivity (Wildman–Crippen MR) is 111 cm³/mol. The molecule has 0 amide bonds. The third kappa shape index (κ3) is 11.5. The fourth-order valence-corrected chi connectivity index (χ4v) is 3.25. The summed E-state index contributed by atoms with van der Waals surface area (Å²) in [5.74, 6) is 0.996. The summed E-state index contributed by atoms with van der Waals surface area (Å²) in [6.07, 6.45) is 7.64. The van der Waals surface area contributed by atoms with E-state index in [-0.39, 0.29) is 35.5 Å². The molecule has 0 saturated heterocycles. The van der Waals surface area contributed by atoms with Crippen molar-refractivity contribution < 1.29 is 13.2 Å². The van der Waals surface area contributed by atoms with Gasteiger partial charge in [0.15, 0.2) is 15.8 Å². The Morgan fingerprint density at radius 1 is 1.17 bits per heavy atom. The lowest BCUT2D eigenvalue weighted by atomic mass is 9.98. The summed E-state index contributed by atoms with van der Waals surface area (Å²) >= 11 is 0. The van der Waals surface area contributed by atoms with Gasteiger partial charge in [-0.1, -0.05) is 26.2 Å². The largest absolute Gasteiger partial charge is 0.378 e. The molecule has 1 fully saturated rings. The minimum absolute atomic E-state index is 0. The molecule has 144 valence electrons. The van der Waals surface area contributed by atoms with Crippen LogP contribution in [0.2, 0.25) is 0 Å². The average molecular weight is 475 g/mol. The maximum atomic E-state index is 11.5. The zero-order chi connectivity index (χ0) is 17.0. The number of halogens is 1. The van der Waals surface area contributed by atoms with E-state index in [1.165, 1.54) is 32.1 Å². The van der Waals surface area contributed by atoms with Crippen LogP contribution in [0.3, 0.4) is 0 Å². The number of guanidine groups is 1. The van der Waals surface area contributed by atoms with E-state index >= 15 is 0 Å². The number of aliphatic imine (C=N–C) groups is 1. The molecular formula is C16H34IN3O3S. The Hall–Kier alpha value is -0.0900. The van der Waals surface area contributed by atoms with Gasteiger partial charge in [-0.25, -0.2) is 8.42 Å². The van der Waals surface area contributed by atoms with Gasteiger partial charge in [-0.15, -0.1) is 24.0 Å². The second kappa shape index (κ2) is 14.1. The Bertz CT molecular complexity index is 438. The number of hydrogen-bond acceptors (Lipinski definition) is 4. The molecule has 0 bridgehead atoms. The molecule has 0 unspecified atom stereocenters. The van der Waals surface area contributed by atoms with Gasteiger partial charge in [-0.2, -0.15) is 0 Å². The molecule has 1 aliphatic carbocycles. The van der Waals surface area contributed by atoms with Crippen molar-refractivity contribution in [2.45, 2.75) is 58.5 Å². The average Bonchev–Trinajstić information content (AvgIpc) is 2.55. The normalized spacial score (nSPS) is 16.5. The molecule has 1 rings (SSSR count). The Morgan fingerprint density at radius 2 is 1.88 bits per heavy atom. The lowest BCUT2D eigenvalue weighted by Crippen LogP contribution is -2.39. The number of nitrogens with zero attached hydrogens (tertiary/aromatic N) is 1. The van der Waals surface area contributed by atoms with Crippen molar-refractivity contribution in [2.24, 2.45) is 4.99 Å². The fourth-order valence-electron chi connectivity index (χ4n) is 2.55. The molecule has 24 heavy (non-hydrogen) atoms. The molecule has 8 heteroatoms. The molecular weight excluding hydrogens is 441 g/mol. The van der Waals surface area contributed by atoms with E-state index in [2.05, 4.69) is 15.6 Å². The van der Waals surface area contributed by atoms with E-state index in [4.69, 9.17) is 4.74 Å². The first kappa shape index (κ1) is 23.9. The van der Waals surface area contributed by atoms with Gasteiger partial charge in [0.1, 0.15) is 0 Å². The van der Waals surface area contributed by atoms with Crippen LogP contribution in [-0.2, 0) is 14.6 Å². The van der Waals surface area contributed by atoms with Crippen molar-refractivity contribution in [3.63, 3.8) is 0 Å². The molecule has 2 N–H and O–H groups in total. The molecule has 0 aromatic carbocycles. The van der Waals surface area contributed by atoms with Gasteiger partial charge in [-0.3, -0.25) is 4.99 Å². The molecule has 1 aliphatic rings. The zero-order valence-corrected chi connectivity index (χ0v) is 18.2. The molecule has 0 atom stereocenters. The highest BCUT2D eigenvalue weighted by Crippen LogP contribution is 2.20. The number of hydrogen-bond donors (Lipinski definition) is 2. The summed E-state index contributed by atoms with van der Waals surface area (Å²) in [6.45, 7) is 6.24. The van der Waals surface area contributed by atoms with Crippen molar-refractivity contribution in [3.05, 3.63) is 0 Å². The molecule has 0 radical (unpaired) electrons. The third-order valence-corrected chi connectivity index (χ3v) is 5.67. The number of nitrogens with one attached hydrogen (secondary N) is 2. The van der Waals surface area contributed by atoms with Gasteiger partial charge in [0, 0.05) is 32.0 Å². The maximum Gasteiger partial charge on any atom is 0.191 e. The van der Waals surface area contributed by atoms with E-state index in [1.807, 2.05) is 6.92 Å².